The predicted molar refractivity (Wildman–Crippen MR) is 169 cm³/mol. The Morgan fingerprint density at radius 1 is 1.09 bits per heavy atom. The van der Waals surface area contributed by atoms with E-state index in [0.717, 1.165) is 30.2 Å². The Kier molecular flexibility index (Phi) is 8.11. The van der Waals surface area contributed by atoms with E-state index in [9.17, 15) is 33.0 Å². The van der Waals surface area contributed by atoms with Crippen LogP contribution in [0.2, 0.25) is 0 Å². The molecule has 3 aromatic carbocycles. The number of hydrogen-bond donors (Lipinski definition) is 2. The van der Waals surface area contributed by atoms with Gasteiger partial charge in [0.25, 0.3) is 5.69 Å². The van der Waals surface area contributed by atoms with Gasteiger partial charge in [-0.15, -0.1) is 13.2 Å². The van der Waals surface area contributed by atoms with E-state index >= 15 is 0 Å². The molecule has 2 aliphatic carbocycles. The highest BCUT2D eigenvalue weighted by Crippen LogP contribution is 2.48. The number of imidazole rings is 1. The molecule has 1 aromatic heterocycles. The molecule has 242 valence electrons. The van der Waals surface area contributed by atoms with Gasteiger partial charge in [-0.2, -0.15) is 0 Å². The molecule has 0 amide bonds. The van der Waals surface area contributed by atoms with Gasteiger partial charge >= 0.3 is 6.36 Å². The molecule has 13 heteroatoms. The molecule has 6 rings (SSSR count). The van der Waals surface area contributed by atoms with Crippen molar-refractivity contribution in [3.8, 4) is 28.4 Å². The van der Waals surface area contributed by atoms with Gasteiger partial charge in [0.1, 0.15) is 18.7 Å². The fourth-order valence-electron chi connectivity index (χ4n) is 6.30. The van der Waals surface area contributed by atoms with E-state index in [2.05, 4.69) is 10.1 Å². The number of benzene rings is 3. The first-order chi connectivity index (χ1) is 21.6. The number of aromatic nitrogens is 2. The minimum absolute atomic E-state index is 0.0601. The average Bonchev–Trinajstić information content (AvgIpc) is 3.75. The smallest absolute Gasteiger partial charge is 0.405 e. The van der Waals surface area contributed by atoms with Crippen LogP contribution in [0, 0.1) is 10.1 Å². The van der Waals surface area contributed by atoms with Gasteiger partial charge < -0.3 is 24.3 Å². The maximum Gasteiger partial charge on any atom is 0.573 e. The Balaban J connectivity index is 1.39. The third kappa shape index (κ3) is 6.34. The summed E-state index contributed by atoms with van der Waals surface area (Å²) in [5, 5.41) is 26.9. The lowest BCUT2D eigenvalue weighted by Gasteiger charge is -2.44. The molecule has 9 nitrogen and oxygen atoms in total. The Bertz CT molecular complexity index is 1840. The quantitative estimate of drug-likeness (QED) is 0.109. The Morgan fingerprint density at radius 2 is 1.78 bits per heavy atom. The highest BCUT2D eigenvalue weighted by atomic mass is 31.2. The van der Waals surface area contributed by atoms with Crippen molar-refractivity contribution in [2.45, 2.75) is 56.2 Å². The second-order valence-electron chi connectivity index (χ2n) is 12.5. The summed E-state index contributed by atoms with van der Waals surface area (Å²) in [6.07, 6.45) is -2.44. The number of nitrogens with one attached hydrogen (secondary N) is 1. The topological polar surface area (TPSA) is 120 Å². The third-order valence-corrected chi connectivity index (χ3v) is 10.3. The first-order valence-corrected chi connectivity index (χ1v) is 17.5. The number of alkyl halides is 3. The number of nitro benzene ring substituents is 1. The Morgan fingerprint density at radius 3 is 2.39 bits per heavy atom. The number of rotatable bonds is 10. The SMILES string of the molecule is Cn1c(-c2ccc(P(C)(C)=O)cc2OC(F)(F)F)nc(-c2cccc([N+](=O)[O-])c2CNC2CC(O)(c3ccccc3)C2)c1C1CC1. The van der Waals surface area contributed by atoms with E-state index in [0.29, 0.717) is 29.7 Å². The highest BCUT2D eigenvalue weighted by Gasteiger charge is 2.44. The molecule has 0 aliphatic heterocycles. The van der Waals surface area contributed by atoms with Crippen molar-refractivity contribution >= 4 is 18.1 Å². The molecule has 2 N–H and O–H groups in total. The summed E-state index contributed by atoms with van der Waals surface area (Å²) in [5.74, 6) is -0.249. The summed E-state index contributed by atoms with van der Waals surface area (Å²) in [6.45, 7) is 3.05. The van der Waals surface area contributed by atoms with E-state index in [1.165, 1.54) is 31.5 Å². The summed E-state index contributed by atoms with van der Waals surface area (Å²) < 4.78 is 59.5. The van der Waals surface area contributed by atoms with Crippen LogP contribution in [0.1, 0.15) is 48.4 Å². The minimum Gasteiger partial charge on any atom is -0.405 e. The number of nitrogens with zero attached hydrogens (tertiary/aromatic N) is 3. The summed E-state index contributed by atoms with van der Waals surface area (Å²) >= 11 is 0. The molecule has 2 saturated carbocycles. The normalized spacial score (nSPS) is 19.9. The van der Waals surface area contributed by atoms with E-state index in [-0.39, 0.29) is 40.9 Å². The number of halogens is 3. The van der Waals surface area contributed by atoms with Crippen molar-refractivity contribution in [2.75, 3.05) is 13.3 Å². The van der Waals surface area contributed by atoms with Crippen LogP contribution in [-0.2, 0) is 23.8 Å². The lowest BCUT2D eigenvalue weighted by molar-refractivity contribution is -0.385. The molecule has 0 atom stereocenters. The van der Waals surface area contributed by atoms with Gasteiger partial charge in [-0.1, -0.05) is 48.5 Å². The molecule has 4 aromatic rings. The second kappa shape index (κ2) is 11.7. The van der Waals surface area contributed by atoms with Crippen LogP contribution >= 0.6 is 7.14 Å². The van der Waals surface area contributed by atoms with Gasteiger partial charge in [0.05, 0.1) is 27.3 Å². The van der Waals surface area contributed by atoms with Crippen molar-refractivity contribution in [1.82, 2.24) is 14.9 Å². The van der Waals surface area contributed by atoms with Crippen LogP contribution in [0.15, 0.2) is 66.7 Å². The monoisotopic (exact) mass is 654 g/mol. The molecule has 2 fully saturated rings. The van der Waals surface area contributed by atoms with Crippen LogP contribution in [0.25, 0.3) is 22.6 Å². The Labute approximate surface area is 264 Å². The number of nitro groups is 1. The largest absolute Gasteiger partial charge is 0.573 e. The standard InChI is InChI=1S/C33H34F3N4O5P/c1-39-30(20-12-13-20)29(38-31(39)25-15-14-23(46(2,3)44)16-28(25)45-33(34,35)36)24-10-7-11-27(40(42)43)26(24)19-37-22-17-32(41,18-22)21-8-5-4-6-9-21/h4-11,14-16,20,22,37,41H,12-13,17-19H2,1-3H3. The van der Waals surface area contributed by atoms with Gasteiger partial charge in [-0.25, -0.2) is 4.98 Å². The zero-order valence-electron chi connectivity index (χ0n) is 25.5. The van der Waals surface area contributed by atoms with Crippen LogP contribution in [0.4, 0.5) is 18.9 Å². The second-order valence-corrected chi connectivity index (χ2v) is 15.7. The molecule has 0 unspecified atom stereocenters. The highest BCUT2D eigenvalue weighted by molar-refractivity contribution is 7.70. The molecule has 2 aliphatic rings. The first kappa shape index (κ1) is 32.0. The molecule has 0 spiro atoms. The molecule has 46 heavy (non-hydrogen) atoms. The van der Waals surface area contributed by atoms with Gasteiger partial charge in [-0.05, 0) is 56.7 Å². The average molecular weight is 655 g/mol. The van der Waals surface area contributed by atoms with Crippen molar-refractivity contribution in [3.05, 3.63) is 93.7 Å². The van der Waals surface area contributed by atoms with E-state index in [4.69, 9.17) is 4.98 Å². The van der Waals surface area contributed by atoms with Crippen molar-refractivity contribution in [3.63, 3.8) is 0 Å². The number of ether oxygens (including phenoxy) is 1. The van der Waals surface area contributed by atoms with E-state index in [1.54, 1.807) is 23.7 Å². The number of hydrogen-bond acceptors (Lipinski definition) is 7. The lowest BCUT2D eigenvalue weighted by Crippen LogP contribution is -2.51. The van der Waals surface area contributed by atoms with E-state index < -0.39 is 29.8 Å². The van der Waals surface area contributed by atoms with Crippen LogP contribution in [0.3, 0.4) is 0 Å². The minimum atomic E-state index is -5.00. The third-order valence-electron chi connectivity index (χ3n) is 8.81. The summed E-state index contributed by atoms with van der Waals surface area (Å²) in [4.78, 5) is 16.6. The maximum atomic E-state index is 13.6. The van der Waals surface area contributed by atoms with Crippen LogP contribution < -0.4 is 15.4 Å². The van der Waals surface area contributed by atoms with Gasteiger partial charge in [-0.3, -0.25) is 10.1 Å². The molecular weight excluding hydrogens is 620 g/mol. The van der Waals surface area contributed by atoms with E-state index in [1.807, 2.05) is 30.3 Å². The Hall–Kier alpha value is -3.99. The fourth-order valence-corrected chi connectivity index (χ4v) is 7.16. The first-order valence-electron chi connectivity index (χ1n) is 14.9. The summed E-state index contributed by atoms with van der Waals surface area (Å²) in [6, 6.07) is 18.1. The lowest BCUT2D eigenvalue weighted by atomic mass is 9.71. The number of aliphatic hydroxyl groups is 1. The van der Waals surface area contributed by atoms with Crippen molar-refractivity contribution < 1.29 is 32.5 Å². The molecule has 0 radical (unpaired) electrons. The molecule has 0 bridgehead atoms. The maximum absolute atomic E-state index is 13.6. The zero-order valence-corrected chi connectivity index (χ0v) is 26.4. The summed E-state index contributed by atoms with van der Waals surface area (Å²) in [7, 11) is -1.20. The molecule has 1 heterocycles. The van der Waals surface area contributed by atoms with Crippen molar-refractivity contribution in [2.24, 2.45) is 7.05 Å². The van der Waals surface area contributed by atoms with Crippen LogP contribution in [0.5, 0.6) is 5.75 Å². The fraction of sp³-hybridized carbons (Fsp3) is 0.364. The van der Waals surface area contributed by atoms with Gasteiger partial charge in [0.15, 0.2) is 0 Å². The molecule has 0 saturated heterocycles. The van der Waals surface area contributed by atoms with Gasteiger partial charge in [0, 0.05) is 48.2 Å². The predicted octanol–water partition coefficient (Wildman–Crippen LogP) is 6.83. The van der Waals surface area contributed by atoms with Crippen LogP contribution in [-0.4, -0.2) is 45.3 Å². The zero-order chi connectivity index (χ0) is 33.0. The van der Waals surface area contributed by atoms with Crippen molar-refractivity contribution in [1.29, 1.82) is 0 Å². The summed E-state index contributed by atoms with van der Waals surface area (Å²) in [5.41, 5.74) is 1.91. The molecular formula is C33H34F3N4O5P. The van der Waals surface area contributed by atoms with Gasteiger partial charge in [0.2, 0.25) is 0 Å².